The van der Waals surface area contributed by atoms with Gasteiger partial charge >= 0.3 is 0 Å². The van der Waals surface area contributed by atoms with E-state index in [1.165, 1.54) is 5.56 Å². The third-order valence-corrected chi connectivity index (χ3v) is 4.76. The highest BCUT2D eigenvalue weighted by Crippen LogP contribution is 2.22. The molecule has 2 heterocycles. The van der Waals surface area contributed by atoms with E-state index < -0.39 is 0 Å². The number of methoxy groups -OCH3 is 1. The summed E-state index contributed by atoms with van der Waals surface area (Å²) in [5.41, 5.74) is 1.92. The Morgan fingerprint density at radius 3 is 2.54 bits per heavy atom. The lowest BCUT2D eigenvalue weighted by atomic mass is 9.90. The third kappa shape index (κ3) is 5.02. The van der Waals surface area contributed by atoms with Gasteiger partial charge in [0.1, 0.15) is 0 Å². The van der Waals surface area contributed by atoms with Gasteiger partial charge in [0, 0.05) is 39.1 Å². The molecule has 1 fully saturated rings. The van der Waals surface area contributed by atoms with Crippen LogP contribution in [0.3, 0.4) is 0 Å². The predicted molar refractivity (Wildman–Crippen MR) is 101 cm³/mol. The number of hydrogen-bond donors (Lipinski definition) is 1. The molecule has 0 bridgehead atoms. The number of anilines is 1. The fourth-order valence-corrected chi connectivity index (χ4v) is 3.26. The number of nitrogens with zero attached hydrogens (tertiary/aromatic N) is 3. The summed E-state index contributed by atoms with van der Waals surface area (Å²) in [7, 11) is 1.65. The van der Waals surface area contributed by atoms with Gasteiger partial charge in [-0.05, 0) is 30.7 Å². The quantitative estimate of drug-likeness (QED) is 0.774. The molecule has 1 N–H and O–H groups in total. The number of amides is 1. The molecule has 26 heavy (non-hydrogen) atoms. The molecule has 1 aromatic heterocycles. The number of ether oxygens (including phenoxy) is 1. The van der Waals surface area contributed by atoms with Gasteiger partial charge in [0.05, 0.1) is 12.2 Å². The second kappa shape index (κ2) is 9.29. The number of hydrogen-bond acceptors (Lipinski definition) is 5. The highest BCUT2D eigenvalue weighted by molar-refractivity contribution is 5.93. The van der Waals surface area contributed by atoms with Gasteiger partial charge < -0.3 is 15.0 Å². The van der Waals surface area contributed by atoms with Crippen molar-refractivity contribution in [3.63, 3.8) is 0 Å². The molecule has 1 aliphatic rings. The minimum absolute atomic E-state index is 0.0200. The highest BCUT2D eigenvalue weighted by Gasteiger charge is 2.24. The van der Waals surface area contributed by atoms with Crippen LogP contribution in [0.5, 0.6) is 0 Å². The van der Waals surface area contributed by atoms with Crippen LogP contribution in [-0.4, -0.2) is 54.1 Å². The number of piperidine rings is 1. The molecule has 0 atom stereocenters. The summed E-state index contributed by atoms with van der Waals surface area (Å²) >= 11 is 0. The molecular weight excluding hydrogens is 328 g/mol. The molecule has 0 spiro atoms. The lowest BCUT2D eigenvalue weighted by Crippen LogP contribution is -2.39. The molecule has 1 saturated heterocycles. The maximum absolute atomic E-state index is 12.6. The molecule has 0 unspecified atom stereocenters. The molecule has 6 heteroatoms. The van der Waals surface area contributed by atoms with Crippen molar-refractivity contribution in [1.29, 1.82) is 0 Å². The van der Waals surface area contributed by atoms with Gasteiger partial charge in [-0.3, -0.25) is 4.79 Å². The standard InChI is InChI=1S/C20H26N4O2/c1-26-12-9-21-20-22-14-18(15-23-20)19(25)24-10-7-17(8-11-24)13-16-5-3-2-4-6-16/h2-6,14-15,17H,7-13H2,1H3,(H,21,22,23). The molecule has 1 aromatic carbocycles. The van der Waals surface area contributed by atoms with Crippen molar-refractivity contribution in [3.8, 4) is 0 Å². The Bertz CT molecular complexity index is 683. The van der Waals surface area contributed by atoms with Crippen molar-refractivity contribution in [3.05, 3.63) is 53.9 Å². The van der Waals surface area contributed by atoms with Crippen LogP contribution in [0.15, 0.2) is 42.7 Å². The van der Waals surface area contributed by atoms with Crippen LogP contribution in [0.2, 0.25) is 0 Å². The number of aromatic nitrogens is 2. The van der Waals surface area contributed by atoms with Crippen LogP contribution in [0.1, 0.15) is 28.8 Å². The summed E-state index contributed by atoms with van der Waals surface area (Å²) in [6, 6.07) is 10.6. The smallest absolute Gasteiger partial charge is 0.256 e. The van der Waals surface area contributed by atoms with Crippen LogP contribution >= 0.6 is 0 Å². The molecule has 1 aliphatic heterocycles. The monoisotopic (exact) mass is 354 g/mol. The molecule has 0 saturated carbocycles. The normalized spacial score (nSPS) is 15.0. The lowest BCUT2D eigenvalue weighted by molar-refractivity contribution is 0.0689. The zero-order valence-electron chi connectivity index (χ0n) is 15.2. The third-order valence-electron chi connectivity index (χ3n) is 4.76. The van der Waals surface area contributed by atoms with Gasteiger partial charge in [-0.1, -0.05) is 30.3 Å². The fraction of sp³-hybridized carbons (Fsp3) is 0.450. The highest BCUT2D eigenvalue weighted by atomic mass is 16.5. The zero-order chi connectivity index (χ0) is 18.2. The van der Waals surface area contributed by atoms with Gasteiger partial charge in [-0.15, -0.1) is 0 Å². The minimum Gasteiger partial charge on any atom is -0.383 e. The average molecular weight is 354 g/mol. The number of carbonyl (C=O) groups excluding carboxylic acids is 1. The van der Waals surface area contributed by atoms with E-state index in [2.05, 4.69) is 39.6 Å². The number of rotatable bonds is 7. The Balaban J connectivity index is 1.48. The van der Waals surface area contributed by atoms with Gasteiger partial charge in [-0.2, -0.15) is 0 Å². The molecule has 138 valence electrons. The van der Waals surface area contributed by atoms with Crippen LogP contribution in [0.25, 0.3) is 0 Å². The number of likely N-dealkylation sites (tertiary alicyclic amines) is 1. The molecule has 3 rings (SSSR count). The van der Waals surface area contributed by atoms with Gasteiger partial charge in [0.2, 0.25) is 5.95 Å². The Kier molecular flexibility index (Phi) is 6.55. The van der Waals surface area contributed by atoms with E-state index >= 15 is 0 Å². The van der Waals surface area contributed by atoms with Gasteiger partial charge in [0.25, 0.3) is 5.91 Å². The van der Waals surface area contributed by atoms with Crippen molar-refractivity contribution in [2.75, 3.05) is 38.7 Å². The number of nitrogens with one attached hydrogen (secondary N) is 1. The Morgan fingerprint density at radius 1 is 1.19 bits per heavy atom. The lowest BCUT2D eigenvalue weighted by Gasteiger charge is -2.32. The van der Waals surface area contributed by atoms with E-state index in [4.69, 9.17) is 4.74 Å². The van der Waals surface area contributed by atoms with Crippen LogP contribution in [-0.2, 0) is 11.2 Å². The summed E-state index contributed by atoms with van der Waals surface area (Å²) in [6.07, 6.45) is 6.37. The van der Waals surface area contributed by atoms with Crippen molar-refractivity contribution >= 4 is 11.9 Å². The number of benzene rings is 1. The fourth-order valence-electron chi connectivity index (χ4n) is 3.26. The predicted octanol–water partition coefficient (Wildman–Crippen LogP) is 2.63. The molecule has 0 radical (unpaired) electrons. The Labute approximate surface area is 154 Å². The summed E-state index contributed by atoms with van der Waals surface area (Å²) in [4.78, 5) is 23.0. The molecule has 0 aliphatic carbocycles. The summed E-state index contributed by atoms with van der Waals surface area (Å²) in [5.74, 6) is 1.18. The van der Waals surface area contributed by atoms with E-state index in [1.54, 1.807) is 19.5 Å². The van der Waals surface area contributed by atoms with E-state index in [0.717, 1.165) is 32.4 Å². The first kappa shape index (κ1) is 18.3. The Hall–Kier alpha value is -2.47. The van der Waals surface area contributed by atoms with Crippen molar-refractivity contribution < 1.29 is 9.53 Å². The molecule has 1 amide bonds. The second-order valence-electron chi connectivity index (χ2n) is 6.64. The first-order valence-corrected chi connectivity index (χ1v) is 9.14. The van der Waals surface area contributed by atoms with E-state index in [0.29, 0.717) is 30.6 Å². The summed E-state index contributed by atoms with van der Waals surface area (Å²) in [6.45, 7) is 2.81. The average Bonchev–Trinajstić information content (AvgIpc) is 2.70. The maximum atomic E-state index is 12.6. The second-order valence-corrected chi connectivity index (χ2v) is 6.64. The van der Waals surface area contributed by atoms with E-state index in [1.807, 2.05) is 11.0 Å². The van der Waals surface area contributed by atoms with Gasteiger partial charge in [0.15, 0.2) is 0 Å². The van der Waals surface area contributed by atoms with Gasteiger partial charge in [-0.25, -0.2) is 9.97 Å². The largest absolute Gasteiger partial charge is 0.383 e. The topological polar surface area (TPSA) is 67.3 Å². The maximum Gasteiger partial charge on any atom is 0.256 e. The first-order valence-electron chi connectivity index (χ1n) is 9.14. The van der Waals surface area contributed by atoms with Crippen molar-refractivity contribution in [2.45, 2.75) is 19.3 Å². The van der Waals surface area contributed by atoms with Crippen LogP contribution in [0.4, 0.5) is 5.95 Å². The van der Waals surface area contributed by atoms with E-state index in [9.17, 15) is 4.79 Å². The minimum atomic E-state index is 0.0200. The van der Waals surface area contributed by atoms with Crippen LogP contribution in [0, 0.1) is 5.92 Å². The number of carbonyl (C=O) groups is 1. The SMILES string of the molecule is COCCNc1ncc(C(=O)N2CCC(Cc3ccccc3)CC2)cn1. The Morgan fingerprint density at radius 2 is 1.88 bits per heavy atom. The molecule has 2 aromatic rings. The summed E-state index contributed by atoms with van der Waals surface area (Å²) < 4.78 is 4.97. The van der Waals surface area contributed by atoms with Crippen molar-refractivity contribution in [1.82, 2.24) is 14.9 Å². The van der Waals surface area contributed by atoms with Crippen molar-refractivity contribution in [2.24, 2.45) is 5.92 Å². The summed E-state index contributed by atoms with van der Waals surface area (Å²) in [5, 5.41) is 3.05. The molecular formula is C20H26N4O2. The van der Waals surface area contributed by atoms with E-state index in [-0.39, 0.29) is 5.91 Å². The molecule has 6 nitrogen and oxygen atoms in total. The van der Waals surface area contributed by atoms with Crippen LogP contribution < -0.4 is 5.32 Å². The zero-order valence-corrected chi connectivity index (χ0v) is 15.2. The first-order chi connectivity index (χ1) is 12.8.